The first-order valence-corrected chi connectivity index (χ1v) is 13.3. The zero-order valence-corrected chi connectivity index (χ0v) is 22.2. The maximum atomic E-state index is 10.1. The minimum Gasteiger partial charge on any atom is -0.359 e. The molecule has 0 bridgehead atoms. The van der Waals surface area contributed by atoms with Crippen LogP contribution in [0.5, 0.6) is 0 Å². The van der Waals surface area contributed by atoms with Crippen LogP contribution in [0.2, 0.25) is 0 Å². The van der Waals surface area contributed by atoms with Gasteiger partial charge >= 0.3 is 0 Å². The molecule has 1 saturated heterocycles. The van der Waals surface area contributed by atoms with Gasteiger partial charge in [-0.25, -0.2) is 0 Å². The van der Waals surface area contributed by atoms with Crippen LogP contribution in [0.15, 0.2) is 132 Å². The Bertz CT molecular complexity index is 1250. The molecule has 0 radical (unpaired) electrons. The summed E-state index contributed by atoms with van der Waals surface area (Å²) in [6, 6.07) is 41.9. The third kappa shape index (κ3) is 4.79. The van der Waals surface area contributed by atoms with Crippen LogP contribution in [0.4, 0.5) is 0 Å². The number of nitrogens with zero attached hydrogens (tertiary/aromatic N) is 2. The second-order valence-corrected chi connectivity index (χ2v) is 10.2. The number of hydrogen-bond acceptors (Lipinski definition) is 3. The van der Waals surface area contributed by atoms with Crippen molar-refractivity contribution in [1.29, 1.82) is 5.26 Å². The van der Waals surface area contributed by atoms with E-state index in [1.807, 2.05) is 36.4 Å². The van der Waals surface area contributed by atoms with Gasteiger partial charge in [0.1, 0.15) is 11.6 Å². The number of rotatable bonds is 9. The van der Waals surface area contributed by atoms with E-state index in [2.05, 4.69) is 118 Å². The minimum absolute atomic E-state index is 0.0272. The molecule has 0 N–H and O–H groups in total. The minimum atomic E-state index is -0.800. The van der Waals surface area contributed by atoms with Crippen LogP contribution in [-0.2, 0) is 10.3 Å². The van der Waals surface area contributed by atoms with Gasteiger partial charge in [0, 0.05) is 23.0 Å². The molecule has 0 saturated carbocycles. The Hall–Kier alpha value is -3.49. The fourth-order valence-corrected chi connectivity index (χ4v) is 5.81. The van der Waals surface area contributed by atoms with Gasteiger partial charge in [-0.3, -0.25) is 4.90 Å². The molecule has 1 heterocycles. The smallest absolute Gasteiger partial charge is 0.143 e. The highest BCUT2D eigenvalue weighted by atomic mass is 79.9. The quantitative estimate of drug-likeness (QED) is 0.162. The van der Waals surface area contributed by atoms with Gasteiger partial charge in [-0.15, -0.1) is 6.58 Å². The van der Waals surface area contributed by atoms with Crippen molar-refractivity contribution in [2.45, 2.75) is 23.6 Å². The zero-order valence-electron chi connectivity index (χ0n) is 20.6. The van der Waals surface area contributed by atoms with Crippen molar-refractivity contribution in [2.24, 2.45) is 0 Å². The number of ether oxygens (including phenoxy) is 1. The van der Waals surface area contributed by atoms with Crippen LogP contribution in [0.25, 0.3) is 0 Å². The maximum absolute atomic E-state index is 10.1. The van der Waals surface area contributed by atoms with Crippen molar-refractivity contribution in [3.05, 3.63) is 155 Å². The van der Waals surface area contributed by atoms with Crippen LogP contribution in [-0.4, -0.2) is 30.1 Å². The second-order valence-electron chi connectivity index (χ2n) is 9.29. The highest BCUT2D eigenvalue weighted by Gasteiger charge is 2.50. The van der Waals surface area contributed by atoms with Gasteiger partial charge in [-0.05, 0) is 34.4 Å². The van der Waals surface area contributed by atoms with E-state index in [-0.39, 0.29) is 18.0 Å². The monoisotopic (exact) mass is 548 g/mol. The average Bonchev–Trinajstić information content (AvgIpc) is 2.95. The molecular formula is C33H29BrN2O. The lowest BCUT2D eigenvalue weighted by Gasteiger charge is -2.53. The van der Waals surface area contributed by atoms with Crippen LogP contribution >= 0.6 is 15.9 Å². The topological polar surface area (TPSA) is 36.3 Å². The lowest BCUT2D eigenvalue weighted by molar-refractivity contribution is -0.0750. The number of halogens is 1. The lowest BCUT2D eigenvalue weighted by Crippen LogP contribution is -2.63. The van der Waals surface area contributed by atoms with E-state index in [1.165, 1.54) is 0 Å². The van der Waals surface area contributed by atoms with Crippen LogP contribution < -0.4 is 0 Å². The van der Waals surface area contributed by atoms with Gasteiger partial charge in [0.05, 0.1) is 12.7 Å². The standard InChI is InChI=1S/C33H29BrN2O/c1-2-22-36-30(23-35)32(25-18-20-29(34)21-19-25)31(36)24-37-33(26-12-6-3-7-13-26,27-14-8-4-9-15-27)28-16-10-5-11-17-28/h2-21,30-32H,1,22,24H2/t30-,31-,32+/m1/s1. The zero-order chi connectivity index (χ0) is 25.7. The Labute approximate surface area is 227 Å². The highest BCUT2D eigenvalue weighted by Crippen LogP contribution is 2.45. The number of nitriles is 1. The maximum Gasteiger partial charge on any atom is 0.143 e. The van der Waals surface area contributed by atoms with Crippen molar-refractivity contribution in [3.63, 3.8) is 0 Å². The van der Waals surface area contributed by atoms with Gasteiger partial charge in [-0.2, -0.15) is 5.26 Å². The SMILES string of the molecule is C=CCN1[C@H](C#N)[C@H](c2ccc(Br)cc2)[C@H]1COC(c1ccccc1)(c1ccccc1)c1ccccc1. The van der Waals surface area contributed by atoms with Crippen molar-refractivity contribution in [3.8, 4) is 6.07 Å². The van der Waals surface area contributed by atoms with Crippen molar-refractivity contribution < 1.29 is 4.74 Å². The Morgan fingerprint density at radius 3 is 1.73 bits per heavy atom. The molecule has 0 aromatic heterocycles. The molecule has 1 aliphatic rings. The largest absolute Gasteiger partial charge is 0.359 e. The van der Waals surface area contributed by atoms with Crippen LogP contribution in [0.3, 0.4) is 0 Å². The molecule has 5 rings (SSSR count). The molecule has 0 amide bonds. The first kappa shape index (κ1) is 25.2. The average molecular weight is 550 g/mol. The third-order valence-electron chi connectivity index (χ3n) is 7.28. The molecule has 1 fully saturated rings. The number of likely N-dealkylation sites (tertiary alicyclic amines) is 1. The Morgan fingerprint density at radius 1 is 0.811 bits per heavy atom. The van der Waals surface area contributed by atoms with E-state index < -0.39 is 5.60 Å². The second kappa shape index (κ2) is 11.3. The summed E-state index contributed by atoms with van der Waals surface area (Å²) in [6.45, 7) is 5.03. The predicted molar refractivity (Wildman–Crippen MR) is 152 cm³/mol. The molecule has 3 nitrogen and oxygen atoms in total. The van der Waals surface area contributed by atoms with E-state index >= 15 is 0 Å². The highest BCUT2D eigenvalue weighted by molar-refractivity contribution is 9.10. The summed E-state index contributed by atoms with van der Waals surface area (Å²) in [6.07, 6.45) is 1.87. The Kier molecular flexibility index (Phi) is 7.67. The van der Waals surface area contributed by atoms with E-state index in [0.29, 0.717) is 13.2 Å². The van der Waals surface area contributed by atoms with E-state index in [9.17, 15) is 5.26 Å². The molecule has 184 valence electrons. The van der Waals surface area contributed by atoms with Gasteiger partial charge < -0.3 is 4.74 Å². The van der Waals surface area contributed by atoms with Gasteiger partial charge in [-0.1, -0.05) is 125 Å². The molecule has 4 aromatic rings. The molecule has 4 aromatic carbocycles. The Morgan fingerprint density at radius 2 is 1.30 bits per heavy atom. The molecular weight excluding hydrogens is 520 g/mol. The van der Waals surface area contributed by atoms with Crippen LogP contribution in [0.1, 0.15) is 28.2 Å². The predicted octanol–water partition coefficient (Wildman–Crippen LogP) is 7.30. The number of benzene rings is 4. The molecule has 37 heavy (non-hydrogen) atoms. The summed E-state index contributed by atoms with van der Waals surface area (Å²) < 4.78 is 8.17. The van der Waals surface area contributed by atoms with Crippen molar-refractivity contribution >= 4 is 15.9 Å². The van der Waals surface area contributed by atoms with E-state index in [1.54, 1.807) is 0 Å². The van der Waals surface area contributed by atoms with Crippen LogP contribution in [0, 0.1) is 11.3 Å². The molecule has 1 aliphatic heterocycles. The summed E-state index contributed by atoms with van der Waals surface area (Å²) in [7, 11) is 0. The first-order valence-electron chi connectivity index (χ1n) is 12.5. The molecule has 0 spiro atoms. The van der Waals surface area contributed by atoms with E-state index in [4.69, 9.17) is 4.74 Å². The van der Waals surface area contributed by atoms with Crippen molar-refractivity contribution in [2.75, 3.05) is 13.2 Å². The van der Waals surface area contributed by atoms with Gasteiger partial charge in [0.2, 0.25) is 0 Å². The summed E-state index contributed by atoms with van der Waals surface area (Å²) in [4.78, 5) is 2.20. The summed E-state index contributed by atoms with van der Waals surface area (Å²) >= 11 is 3.54. The van der Waals surface area contributed by atoms with E-state index in [0.717, 1.165) is 26.7 Å². The fourth-order valence-electron chi connectivity index (χ4n) is 5.55. The first-order chi connectivity index (χ1) is 18.2. The molecule has 0 aliphatic carbocycles. The fraction of sp³-hybridized carbons (Fsp3) is 0.182. The molecule has 3 atom stereocenters. The van der Waals surface area contributed by atoms with Gasteiger partial charge in [0.15, 0.2) is 0 Å². The number of hydrogen-bond donors (Lipinski definition) is 0. The summed E-state index contributed by atoms with van der Waals surface area (Å²) in [5.74, 6) is 0.0399. The molecule has 4 heteroatoms. The summed E-state index contributed by atoms with van der Waals surface area (Å²) in [5.41, 5.74) is 3.55. The summed E-state index contributed by atoms with van der Waals surface area (Å²) in [5, 5.41) is 10.1. The third-order valence-corrected chi connectivity index (χ3v) is 7.81. The lowest BCUT2D eigenvalue weighted by atomic mass is 9.75. The Balaban J connectivity index is 1.59. The van der Waals surface area contributed by atoms with Crippen molar-refractivity contribution in [1.82, 2.24) is 4.90 Å². The molecule has 0 unspecified atom stereocenters. The normalized spacial score (nSPS) is 19.5. The van der Waals surface area contributed by atoms with Gasteiger partial charge in [0.25, 0.3) is 0 Å².